The lowest BCUT2D eigenvalue weighted by molar-refractivity contribution is -0.145. The van der Waals surface area contributed by atoms with Crippen LogP contribution < -0.4 is 11.2 Å². The SMILES string of the molecule is O=C(Cn1c(=O)ccn(Cc2ccccc2)c1=O)OCc1cccc2ccccc12. The number of aromatic nitrogens is 2. The maximum absolute atomic E-state index is 12.7. The van der Waals surface area contributed by atoms with Gasteiger partial charge < -0.3 is 4.74 Å². The highest BCUT2D eigenvalue weighted by Gasteiger charge is 2.12. The molecule has 0 N–H and O–H groups in total. The fourth-order valence-electron chi connectivity index (χ4n) is 3.35. The lowest BCUT2D eigenvalue weighted by Crippen LogP contribution is -2.41. The van der Waals surface area contributed by atoms with Gasteiger partial charge in [-0.15, -0.1) is 0 Å². The van der Waals surface area contributed by atoms with Crippen LogP contribution >= 0.6 is 0 Å². The van der Waals surface area contributed by atoms with E-state index in [0.29, 0.717) is 6.54 Å². The second-order valence-corrected chi connectivity index (χ2v) is 6.94. The molecule has 4 aromatic rings. The monoisotopic (exact) mass is 400 g/mol. The number of benzene rings is 3. The van der Waals surface area contributed by atoms with E-state index in [-0.39, 0.29) is 6.61 Å². The Morgan fingerprint density at radius 2 is 1.57 bits per heavy atom. The highest BCUT2D eigenvalue weighted by molar-refractivity contribution is 5.85. The minimum atomic E-state index is -0.639. The van der Waals surface area contributed by atoms with E-state index in [0.717, 1.165) is 26.5 Å². The minimum Gasteiger partial charge on any atom is -0.459 e. The molecule has 0 bridgehead atoms. The Hall–Kier alpha value is -3.93. The summed E-state index contributed by atoms with van der Waals surface area (Å²) in [6, 6.07) is 24.3. The average Bonchev–Trinajstić information content (AvgIpc) is 2.78. The van der Waals surface area contributed by atoms with Crippen LogP contribution in [0.1, 0.15) is 11.1 Å². The van der Waals surface area contributed by atoms with Gasteiger partial charge in [-0.2, -0.15) is 0 Å². The Labute approximate surface area is 172 Å². The molecule has 1 heterocycles. The summed E-state index contributed by atoms with van der Waals surface area (Å²) in [6.45, 7) is -0.0525. The van der Waals surface area contributed by atoms with Crippen LogP contribution in [0.4, 0.5) is 0 Å². The molecule has 0 aliphatic heterocycles. The van der Waals surface area contributed by atoms with E-state index in [2.05, 4.69) is 0 Å². The van der Waals surface area contributed by atoms with Crippen LogP contribution in [0.3, 0.4) is 0 Å². The molecule has 0 unspecified atom stereocenters. The van der Waals surface area contributed by atoms with Gasteiger partial charge in [0.15, 0.2) is 0 Å². The summed E-state index contributed by atoms with van der Waals surface area (Å²) in [7, 11) is 0. The predicted molar refractivity (Wildman–Crippen MR) is 114 cm³/mol. The van der Waals surface area contributed by atoms with Gasteiger partial charge in [-0.05, 0) is 21.9 Å². The molecule has 0 aliphatic rings. The van der Waals surface area contributed by atoms with Crippen molar-refractivity contribution in [1.82, 2.24) is 9.13 Å². The number of carbonyl (C=O) groups excluding carboxylic acids is 1. The third-order valence-electron chi connectivity index (χ3n) is 4.89. The molecule has 30 heavy (non-hydrogen) atoms. The van der Waals surface area contributed by atoms with Gasteiger partial charge in [-0.25, -0.2) is 9.36 Å². The molecule has 0 saturated carbocycles. The molecule has 0 saturated heterocycles. The van der Waals surface area contributed by atoms with Crippen LogP contribution in [0.25, 0.3) is 10.8 Å². The lowest BCUT2D eigenvalue weighted by atomic mass is 10.1. The van der Waals surface area contributed by atoms with Crippen LogP contribution in [0.2, 0.25) is 0 Å². The van der Waals surface area contributed by atoms with Crippen LogP contribution in [0.15, 0.2) is 94.6 Å². The molecule has 0 amide bonds. The van der Waals surface area contributed by atoms with Crippen molar-refractivity contribution < 1.29 is 9.53 Å². The number of ether oxygens (including phenoxy) is 1. The van der Waals surface area contributed by atoms with Gasteiger partial charge in [-0.3, -0.25) is 14.2 Å². The van der Waals surface area contributed by atoms with Crippen molar-refractivity contribution in [3.8, 4) is 0 Å². The molecule has 6 nitrogen and oxygen atoms in total. The van der Waals surface area contributed by atoms with E-state index >= 15 is 0 Å². The summed E-state index contributed by atoms with van der Waals surface area (Å²) >= 11 is 0. The summed E-state index contributed by atoms with van der Waals surface area (Å²) in [4.78, 5) is 37.2. The molecular weight excluding hydrogens is 380 g/mol. The molecule has 4 rings (SSSR count). The first kappa shape index (κ1) is 19.4. The molecule has 6 heteroatoms. The van der Waals surface area contributed by atoms with Crippen molar-refractivity contribution in [1.29, 1.82) is 0 Å². The van der Waals surface area contributed by atoms with E-state index in [4.69, 9.17) is 4.74 Å². The molecule has 0 radical (unpaired) electrons. The zero-order chi connectivity index (χ0) is 20.9. The summed E-state index contributed by atoms with van der Waals surface area (Å²) in [5.41, 5.74) is 0.701. The minimum absolute atomic E-state index is 0.0694. The van der Waals surface area contributed by atoms with E-state index in [1.807, 2.05) is 72.8 Å². The largest absolute Gasteiger partial charge is 0.459 e. The Morgan fingerprint density at radius 1 is 0.833 bits per heavy atom. The van der Waals surface area contributed by atoms with Crippen molar-refractivity contribution in [3.63, 3.8) is 0 Å². The summed E-state index contributed by atoms with van der Waals surface area (Å²) in [5, 5.41) is 2.05. The quantitative estimate of drug-likeness (QED) is 0.467. The number of rotatable bonds is 6. The van der Waals surface area contributed by atoms with Gasteiger partial charge in [0.05, 0.1) is 6.54 Å². The molecule has 1 aromatic heterocycles. The van der Waals surface area contributed by atoms with Crippen molar-refractivity contribution in [3.05, 3.63) is 117 Å². The van der Waals surface area contributed by atoms with Gasteiger partial charge in [0.1, 0.15) is 13.2 Å². The van der Waals surface area contributed by atoms with Crippen molar-refractivity contribution in [2.45, 2.75) is 19.7 Å². The van der Waals surface area contributed by atoms with E-state index in [1.54, 1.807) is 0 Å². The van der Waals surface area contributed by atoms with Crippen LogP contribution in [-0.4, -0.2) is 15.1 Å². The van der Waals surface area contributed by atoms with Crippen LogP contribution in [-0.2, 0) is 29.2 Å². The predicted octanol–water partition coefficient (Wildman–Crippen LogP) is 2.95. The molecule has 0 aliphatic carbocycles. The second kappa shape index (κ2) is 8.61. The van der Waals surface area contributed by atoms with E-state index in [1.165, 1.54) is 16.8 Å². The van der Waals surface area contributed by atoms with Crippen molar-refractivity contribution >= 4 is 16.7 Å². The highest BCUT2D eigenvalue weighted by Crippen LogP contribution is 2.19. The van der Waals surface area contributed by atoms with Crippen molar-refractivity contribution in [2.24, 2.45) is 0 Å². The molecule has 3 aromatic carbocycles. The average molecular weight is 400 g/mol. The van der Waals surface area contributed by atoms with Gasteiger partial charge in [0.2, 0.25) is 0 Å². The number of hydrogen-bond acceptors (Lipinski definition) is 4. The summed E-state index contributed by atoms with van der Waals surface area (Å²) in [5.74, 6) is -0.639. The van der Waals surface area contributed by atoms with E-state index < -0.39 is 23.8 Å². The van der Waals surface area contributed by atoms with Crippen LogP contribution in [0, 0.1) is 0 Å². The molecule has 0 spiro atoms. The zero-order valence-corrected chi connectivity index (χ0v) is 16.2. The fraction of sp³-hybridized carbons (Fsp3) is 0.125. The van der Waals surface area contributed by atoms with E-state index in [9.17, 15) is 14.4 Å². The normalized spacial score (nSPS) is 10.8. The Morgan fingerprint density at radius 3 is 2.40 bits per heavy atom. The maximum Gasteiger partial charge on any atom is 0.331 e. The standard InChI is InChI=1S/C24H20N2O4/c27-22-13-14-25(15-18-7-2-1-3-8-18)24(29)26(22)16-23(28)30-17-20-11-6-10-19-9-4-5-12-21(19)20/h1-14H,15-17H2. The number of fused-ring (bicyclic) bond motifs is 1. The third-order valence-corrected chi connectivity index (χ3v) is 4.89. The first-order valence-corrected chi connectivity index (χ1v) is 9.58. The van der Waals surface area contributed by atoms with Gasteiger partial charge >= 0.3 is 11.7 Å². The third kappa shape index (κ3) is 4.22. The topological polar surface area (TPSA) is 70.3 Å². The van der Waals surface area contributed by atoms with Crippen molar-refractivity contribution in [2.75, 3.05) is 0 Å². The van der Waals surface area contributed by atoms with Crippen LogP contribution in [0.5, 0.6) is 0 Å². The zero-order valence-electron chi connectivity index (χ0n) is 16.2. The van der Waals surface area contributed by atoms with Gasteiger partial charge in [0, 0.05) is 12.3 Å². The van der Waals surface area contributed by atoms with Gasteiger partial charge in [-0.1, -0.05) is 72.8 Å². The highest BCUT2D eigenvalue weighted by atomic mass is 16.5. The number of nitrogens with zero attached hydrogens (tertiary/aromatic N) is 2. The van der Waals surface area contributed by atoms with Gasteiger partial charge in [0.25, 0.3) is 5.56 Å². The first-order chi connectivity index (χ1) is 14.6. The molecule has 0 atom stereocenters. The molecule has 150 valence electrons. The second-order valence-electron chi connectivity index (χ2n) is 6.94. The number of carbonyl (C=O) groups is 1. The lowest BCUT2D eigenvalue weighted by Gasteiger charge is -2.11. The first-order valence-electron chi connectivity index (χ1n) is 9.58. The summed E-state index contributed by atoms with van der Waals surface area (Å²) in [6.07, 6.45) is 1.44. The smallest absolute Gasteiger partial charge is 0.331 e. The fourth-order valence-corrected chi connectivity index (χ4v) is 3.35. The maximum atomic E-state index is 12.7. The molecular formula is C24H20N2O4. The summed E-state index contributed by atoms with van der Waals surface area (Å²) < 4.78 is 7.66. The Kier molecular flexibility index (Phi) is 5.57. The number of esters is 1. The Bertz CT molecular complexity index is 1300. The number of hydrogen-bond donors (Lipinski definition) is 0. The Balaban J connectivity index is 1.49. The molecule has 0 fully saturated rings.